The van der Waals surface area contributed by atoms with Crippen LogP contribution < -0.4 is 0 Å². The molecule has 0 saturated carbocycles. The van der Waals surface area contributed by atoms with Crippen LogP contribution in [0.4, 0.5) is 0 Å². The third-order valence-corrected chi connectivity index (χ3v) is 1.91. The van der Waals surface area contributed by atoms with Crippen molar-refractivity contribution in [3.05, 3.63) is 0 Å². The average Bonchev–Trinajstić information content (AvgIpc) is 1.94. The SMILES string of the molecule is CCCCCOC(=O)CS(=O)(=O)O. The summed E-state index contributed by atoms with van der Waals surface area (Å²) < 4.78 is 33.2. The Balaban J connectivity index is 3.53. The summed E-state index contributed by atoms with van der Waals surface area (Å²) in [5, 5.41) is 0. The van der Waals surface area contributed by atoms with Crippen LogP contribution in [0, 0.1) is 0 Å². The van der Waals surface area contributed by atoms with Gasteiger partial charge in [0.05, 0.1) is 6.61 Å². The second kappa shape index (κ2) is 5.93. The number of ether oxygens (including phenoxy) is 1. The largest absolute Gasteiger partial charge is 0.465 e. The van der Waals surface area contributed by atoms with Gasteiger partial charge in [0, 0.05) is 0 Å². The van der Waals surface area contributed by atoms with E-state index in [0.29, 0.717) is 6.42 Å². The van der Waals surface area contributed by atoms with E-state index < -0.39 is 21.8 Å². The van der Waals surface area contributed by atoms with Gasteiger partial charge in [-0.15, -0.1) is 0 Å². The predicted octanol–water partition coefficient (Wildman–Crippen LogP) is 0.608. The van der Waals surface area contributed by atoms with Gasteiger partial charge in [-0.3, -0.25) is 9.35 Å². The molecular formula is C7H14O5S. The van der Waals surface area contributed by atoms with E-state index in [1.165, 1.54) is 0 Å². The van der Waals surface area contributed by atoms with Crippen LogP contribution in [-0.4, -0.2) is 31.3 Å². The standard InChI is InChI=1S/C7H14O5S/c1-2-3-4-5-12-7(8)6-13(9,10)11/h2-6H2,1H3,(H,9,10,11). The van der Waals surface area contributed by atoms with Gasteiger partial charge in [0.2, 0.25) is 0 Å². The van der Waals surface area contributed by atoms with E-state index >= 15 is 0 Å². The highest BCUT2D eigenvalue weighted by atomic mass is 32.2. The molecule has 78 valence electrons. The quantitative estimate of drug-likeness (QED) is 0.394. The maximum Gasteiger partial charge on any atom is 0.323 e. The number of hydrogen-bond donors (Lipinski definition) is 1. The molecule has 0 aliphatic rings. The van der Waals surface area contributed by atoms with Crippen molar-refractivity contribution in [3.8, 4) is 0 Å². The van der Waals surface area contributed by atoms with Crippen molar-refractivity contribution in [1.29, 1.82) is 0 Å². The van der Waals surface area contributed by atoms with E-state index in [-0.39, 0.29) is 6.61 Å². The van der Waals surface area contributed by atoms with Crippen LogP contribution in [0.5, 0.6) is 0 Å². The zero-order chi connectivity index (χ0) is 10.3. The Morgan fingerprint density at radius 2 is 2.00 bits per heavy atom. The van der Waals surface area contributed by atoms with Crippen molar-refractivity contribution in [2.45, 2.75) is 26.2 Å². The summed E-state index contributed by atoms with van der Waals surface area (Å²) in [6, 6.07) is 0. The van der Waals surface area contributed by atoms with Gasteiger partial charge in [-0.25, -0.2) is 0 Å². The van der Waals surface area contributed by atoms with Crippen LogP contribution in [-0.2, 0) is 19.6 Å². The second-order valence-corrected chi connectivity index (χ2v) is 4.11. The number of carbonyl (C=O) groups is 1. The number of unbranched alkanes of at least 4 members (excludes halogenated alkanes) is 2. The summed E-state index contributed by atoms with van der Waals surface area (Å²) in [6.45, 7) is 2.21. The molecule has 0 saturated heterocycles. The zero-order valence-electron chi connectivity index (χ0n) is 7.52. The van der Waals surface area contributed by atoms with Crippen LogP contribution >= 0.6 is 0 Å². The van der Waals surface area contributed by atoms with Crippen molar-refractivity contribution in [3.63, 3.8) is 0 Å². The molecule has 6 heteroatoms. The van der Waals surface area contributed by atoms with Gasteiger partial charge in [0.15, 0.2) is 5.75 Å². The molecule has 0 aliphatic carbocycles. The molecule has 5 nitrogen and oxygen atoms in total. The minimum Gasteiger partial charge on any atom is -0.465 e. The van der Waals surface area contributed by atoms with Gasteiger partial charge in [0.25, 0.3) is 10.1 Å². The highest BCUT2D eigenvalue weighted by Gasteiger charge is 2.13. The third-order valence-electron chi connectivity index (χ3n) is 1.31. The minimum atomic E-state index is -4.24. The number of rotatable bonds is 6. The van der Waals surface area contributed by atoms with Gasteiger partial charge < -0.3 is 4.74 Å². The summed E-state index contributed by atoms with van der Waals surface area (Å²) in [6.07, 6.45) is 2.64. The maximum absolute atomic E-state index is 10.7. The second-order valence-electron chi connectivity index (χ2n) is 2.65. The summed E-state index contributed by atoms with van der Waals surface area (Å²) >= 11 is 0. The Morgan fingerprint density at radius 3 is 2.46 bits per heavy atom. The monoisotopic (exact) mass is 210 g/mol. The molecule has 0 rings (SSSR count). The molecular weight excluding hydrogens is 196 g/mol. The number of hydrogen-bond acceptors (Lipinski definition) is 4. The Morgan fingerprint density at radius 1 is 1.38 bits per heavy atom. The molecule has 0 heterocycles. The molecule has 0 atom stereocenters. The van der Waals surface area contributed by atoms with E-state index in [1.54, 1.807) is 0 Å². The Kier molecular flexibility index (Phi) is 5.65. The van der Waals surface area contributed by atoms with E-state index in [0.717, 1.165) is 12.8 Å². The van der Waals surface area contributed by atoms with Gasteiger partial charge in [-0.2, -0.15) is 8.42 Å². The molecule has 0 spiro atoms. The topological polar surface area (TPSA) is 80.7 Å². The molecule has 0 aromatic rings. The third kappa shape index (κ3) is 9.29. The zero-order valence-corrected chi connectivity index (χ0v) is 8.34. The average molecular weight is 210 g/mol. The predicted molar refractivity (Wildman–Crippen MR) is 46.9 cm³/mol. The van der Waals surface area contributed by atoms with Crippen molar-refractivity contribution >= 4 is 16.1 Å². The molecule has 0 fully saturated rings. The molecule has 0 radical (unpaired) electrons. The fraction of sp³-hybridized carbons (Fsp3) is 0.857. The van der Waals surface area contributed by atoms with Crippen LogP contribution in [0.25, 0.3) is 0 Å². The van der Waals surface area contributed by atoms with Gasteiger partial charge in [-0.1, -0.05) is 19.8 Å². The van der Waals surface area contributed by atoms with E-state index in [1.807, 2.05) is 6.92 Å². The van der Waals surface area contributed by atoms with Crippen LogP contribution in [0.1, 0.15) is 26.2 Å². The molecule has 0 aromatic carbocycles. The summed E-state index contributed by atoms with van der Waals surface area (Å²) in [4.78, 5) is 10.7. The first-order valence-corrected chi connectivity index (χ1v) is 5.67. The Bertz CT molecular complexity index is 244. The first kappa shape index (κ1) is 12.4. The lowest BCUT2D eigenvalue weighted by Crippen LogP contribution is -2.18. The highest BCUT2D eigenvalue weighted by Crippen LogP contribution is 1.95. The van der Waals surface area contributed by atoms with Gasteiger partial charge in [-0.05, 0) is 6.42 Å². The molecule has 0 unspecified atom stereocenters. The molecule has 0 aromatic heterocycles. The van der Waals surface area contributed by atoms with Crippen LogP contribution in [0.2, 0.25) is 0 Å². The summed E-state index contributed by atoms with van der Waals surface area (Å²) in [5.41, 5.74) is 0. The molecule has 0 bridgehead atoms. The normalized spacial score (nSPS) is 11.2. The first-order chi connectivity index (χ1) is 5.95. The Hall–Kier alpha value is -0.620. The van der Waals surface area contributed by atoms with Crippen molar-refractivity contribution in [2.24, 2.45) is 0 Å². The minimum absolute atomic E-state index is 0.211. The fourth-order valence-corrected chi connectivity index (χ4v) is 1.11. The lowest BCUT2D eigenvalue weighted by Gasteiger charge is -2.01. The fourth-order valence-electron chi connectivity index (χ4n) is 0.729. The first-order valence-electron chi connectivity index (χ1n) is 4.06. The smallest absolute Gasteiger partial charge is 0.323 e. The van der Waals surface area contributed by atoms with E-state index in [2.05, 4.69) is 4.74 Å². The molecule has 0 aliphatic heterocycles. The summed E-state index contributed by atoms with van der Waals surface area (Å²) in [5.74, 6) is -1.86. The van der Waals surface area contributed by atoms with Crippen molar-refractivity contribution < 1.29 is 22.5 Å². The lowest BCUT2D eigenvalue weighted by molar-refractivity contribution is -0.140. The number of carbonyl (C=O) groups excluding carboxylic acids is 1. The molecule has 0 amide bonds. The van der Waals surface area contributed by atoms with Gasteiger partial charge in [0.1, 0.15) is 0 Å². The van der Waals surface area contributed by atoms with Crippen LogP contribution in [0.3, 0.4) is 0 Å². The number of esters is 1. The van der Waals surface area contributed by atoms with Crippen molar-refractivity contribution in [1.82, 2.24) is 0 Å². The lowest BCUT2D eigenvalue weighted by atomic mass is 10.3. The maximum atomic E-state index is 10.7. The van der Waals surface area contributed by atoms with E-state index in [9.17, 15) is 13.2 Å². The van der Waals surface area contributed by atoms with Crippen molar-refractivity contribution in [2.75, 3.05) is 12.4 Å². The Labute approximate surface area is 77.8 Å². The van der Waals surface area contributed by atoms with E-state index in [4.69, 9.17) is 4.55 Å². The van der Waals surface area contributed by atoms with Gasteiger partial charge >= 0.3 is 5.97 Å². The summed E-state index contributed by atoms with van der Waals surface area (Å²) in [7, 11) is -4.24. The van der Waals surface area contributed by atoms with Crippen LogP contribution in [0.15, 0.2) is 0 Å². The molecule has 13 heavy (non-hydrogen) atoms. The molecule has 1 N–H and O–H groups in total. The highest BCUT2D eigenvalue weighted by molar-refractivity contribution is 7.86.